The normalized spacial score (nSPS) is 27.3. The van der Waals surface area contributed by atoms with Crippen LogP contribution in [0.15, 0.2) is 11.6 Å². The average Bonchev–Trinajstić information content (AvgIpc) is 2.83. The largest absolute Gasteiger partial charge is 0.309 e. The summed E-state index contributed by atoms with van der Waals surface area (Å²) in [6.45, 7) is 12.4. The highest BCUT2D eigenvalue weighted by atomic mass is 32.1. The van der Waals surface area contributed by atoms with Gasteiger partial charge in [0.1, 0.15) is 5.01 Å². The standard InChI is InChI=1S/C13H23N3S/c1-5-13(4)10-16(8-6-15-13)12(2,3)11-14-7-9-17-11/h7,9,15H,5-6,8,10H2,1-4H3. The topological polar surface area (TPSA) is 28.2 Å². The van der Waals surface area contributed by atoms with Crippen molar-refractivity contribution in [2.45, 2.75) is 45.2 Å². The molecule has 1 unspecified atom stereocenters. The summed E-state index contributed by atoms with van der Waals surface area (Å²) < 4.78 is 0. The molecule has 1 aliphatic heterocycles. The molecule has 2 rings (SSSR count). The van der Waals surface area contributed by atoms with Crippen molar-refractivity contribution in [3.63, 3.8) is 0 Å². The zero-order valence-corrected chi connectivity index (χ0v) is 12.1. The highest BCUT2D eigenvalue weighted by Crippen LogP contribution is 2.32. The fourth-order valence-corrected chi connectivity index (χ4v) is 3.21. The van der Waals surface area contributed by atoms with E-state index in [-0.39, 0.29) is 11.1 Å². The lowest BCUT2D eigenvalue weighted by atomic mass is 9.92. The van der Waals surface area contributed by atoms with E-state index in [1.54, 1.807) is 11.3 Å². The molecule has 1 N–H and O–H groups in total. The van der Waals surface area contributed by atoms with Gasteiger partial charge in [-0.15, -0.1) is 11.3 Å². The van der Waals surface area contributed by atoms with Crippen molar-refractivity contribution in [2.75, 3.05) is 19.6 Å². The van der Waals surface area contributed by atoms with Crippen LogP contribution in [0.25, 0.3) is 0 Å². The quantitative estimate of drug-likeness (QED) is 0.897. The van der Waals surface area contributed by atoms with Gasteiger partial charge in [0.15, 0.2) is 0 Å². The first-order valence-corrected chi connectivity index (χ1v) is 7.26. The molecule has 1 atom stereocenters. The number of piperazine rings is 1. The van der Waals surface area contributed by atoms with E-state index in [1.807, 2.05) is 6.20 Å². The maximum Gasteiger partial charge on any atom is 0.112 e. The molecule has 0 amide bonds. The van der Waals surface area contributed by atoms with Gasteiger partial charge in [0, 0.05) is 36.8 Å². The predicted molar refractivity (Wildman–Crippen MR) is 73.4 cm³/mol. The molecule has 96 valence electrons. The number of nitrogens with zero attached hydrogens (tertiary/aromatic N) is 2. The number of hydrogen-bond donors (Lipinski definition) is 1. The van der Waals surface area contributed by atoms with Gasteiger partial charge in [-0.1, -0.05) is 6.92 Å². The van der Waals surface area contributed by atoms with Crippen molar-refractivity contribution < 1.29 is 0 Å². The number of nitrogens with one attached hydrogen (secondary N) is 1. The molecule has 0 saturated carbocycles. The second kappa shape index (κ2) is 4.67. The maximum atomic E-state index is 4.49. The highest BCUT2D eigenvalue weighted by molar-refractivity contribution is 7.09. The average molecular weight is 253 g/mol. The molecule has 1 aliphatic rings. The molecule has 0 radical (unpaired) electrons. The summed E-state index contributed by atoms with van der Waals surface area (Å²) in [5, 5.41) is 6.92. The molecular formula is C13H23N3S. The number of aromatic nitrogens is 1. The maximum absolute atomic E-state index is 4.49. The lowest BCUT2D eigenvalue weighted by Crippen LogP contribution is -2.62. The lowest BCUT2D eigenvalue weighted by Gasteiger charge is -2.47. The minimum atomic E-state index is 0.0483. The third-order valence-corrected chi connectivity index (χ3v) is 5.09. The molecule has 0 bridgehead atoms. The van der Waals surface area contributed by atoms with E-state index < -0.39 is 0 Å². The van der Waals surface area contributed by atoms with Crippen molar-refractivity contribution in [3.8, 4) is 0 Å². The number of rotatable bonds is 3. The Morgan fingerprint density at radius 1 is 1.59 bits per heavy atom. The number of hydrogen-bond acceptors (Lipinski definition) is 4. The van der Waals surface area contributed by atoms with Gasteiger partial charge < -0.3 is 5.32 Å². The second-order valence-corrected chi connectivity index (χ2v) is 6.55. The van der Waals surface area contributed by atoms with Gasteiger partial charge in [-0.25, -0.2) is 4.98 Å². The summed E-state index contributed by atoms with van der Waals surface area (Å²) >= 11 is 1.76. The first kappa shape index (κ1) is 13.0. The molecule has 3 nitrogen and oxygen atoms in total. The second-order valence-electron chi connectivity index (χ2n) is 5.66. The summed E-state index contributed by atoms with van der Waals surface area (Å²) in [5.41, 5.74) is 0.291. The summed E-state index contributed by atoms with van der Waals surface area (Å²) in [4.78, 5) is 7.05. The van der Waals surface area contributed by atoms with Gasteiger partial charge in [0.2, 0.25) is 0 Å². The van der Waals surface area contributed by atoms with Crippen LogP contribution in [-0.4, -0.2) is 35.1 Å². The van der Waals surface area contributed by atoms with Crippen LogP contribution in [0, 0.1) is 0 Å². The Kier molecular flexibility index (Phi) is 3.57. The van der Waals surface area contributed by atoms with E-state index in [0.29, 0.717) is 0 Å². The Morgan fingerprint density at radius 3 is 2.94 bits per heavy atom. The minimum absolute atomic E-state index is 0.0483. The molecule has 0 aliphatic carbocycles. The first-order chi connectivity index (χ1) is 7.98. The Morgan fingerprint density at radius 2 is 2.35 bits per heavy atom. The summed E-state index contributed by atoms with van der Waals surface area (Å²) in [6, 6.07) is 0. The van der Waals surface area contributed by atoms with Gasteiger partial charge in [-0.2, -0.15) is 0 Å². The van der Waals surface area contributed by atoms with Gasteiger partial charge in [0.05, 0.1) is 5.54 Å². The Labute approximate surface area is 108 Å². The minimum Gasteiger partial charge on any atom is -0.309 e. The fourth-order valence-electron chi connectivity index (χ4n) is 2.42. The Bertz CT molecular complexity index is 361. The molecule has 1 saturated heterocycles. The van der Waals surface area contributed by atoms with Crippen LogP contribution >= 0.6 is 11.3 Å². The monoisotopic (exact) mass is 253 g/mol. The molecular weight excluding hydrogens is 230 g/mol. The number of thiazole rings is 1. The Balaban J connectivity index is 2.17. The SMILES string of the molecule is CCC1(C)CN(C(C)(C)c2nccs2)CCN1. The summed E-state index contributed by atoms with van der Waals surface area (Å²) in [6.07, 6.45) is 3.07. The van der Waals surface area contributed by atoms with Gasteiger partial charge in [-0.05, 0) is 27.2 Å². The van der Waals surface area contributed by atoms with Crippen LogP contribution in [0.5, 0.6) is 0 Å². The zero-order chi connectivity index (χ0) is 12.5. The highest BCUT2D eigenvalue weighted by Gasteiger charge is 2.38. The molecule has 2 heterocycles. The van der Waals surface area contributed by atoms with Crippen LogP contribution < -0.4 is 5.32 Å². The van der Waals surface area contributed by atoms with Gasteiger partial charge >= 0.3 is 0 Å². The van der Waals surface area contributed by atoms with Crippen LogP contribution in [-0.2, 0) is 5.54 Å². The molecule has 0 spiro atoms. The van der Waals surface area contributed by atoms with E-state index in [1.165, 1.54) is 5.01 Å². The van der Waals surface area contributed by atoms with Crippen LogP contribution in [0.1, 0.15) is 39.1 Å². The first-order valence-electron chi connectivity index (χ1n) is 6.38. The molecule has 17 heavy (non-hydrogen) atoms. The zero-order valence-electron chi connectivity index (χ0n) is 11.3. The molecule has 4 heteroatoms. The van der Waals surface area contributed by atoms with Gasteiger partial charge in [0.25, 0.3) is 0 Å². The molecule has 1 aromatic heterocycles. The fraction of sp³-hybridized carbons (Fsp3) is 0.769. The van der Waals surface area contributed by atoms with E-state index in [4.69, 9.17) is 0 Å². The van der Waals surface area contributed by atoms with Crippen molar-refractivity contribution in [3.05, 3.63) is 16.6 Å². The molecule has 0 aromatic carbocycles. The summed E-state index contributed by atoms with van der Waals surface area (Å²) in [7, 11) is 0. The van der Waals surface area contributed by atoms with Crippen LogP contribution in [0.3, 0.4) is 0 Å². The van der Waals surface area contributed by atoms with Crippen LogP contribution in [0.2, 0.25) is 0 Å². The lowest BCUT2D eigenvalue weighted by molar-refractivity contribution is 0.0480. The predicted octanol–water partition coefficient (Wildman–Crippen LogP) is 2.45. The van der Waals surface area contributed by atoms with Crippen molar-refractivity contribution in [2.24, 2.45) is 0 Å². The van der Waals surface area contributed by atoms with E-state index in [0.717, 1.165) is 26.1 Å². The third-order valence-electron chi connectivity index (χ3n) is 4.00. The van der Waals surface area contributed by atoms with Crippen molar-refractivity contribution in [1.29, 1.82) is 0 Å². The van der Waals surface area contributed by atoms with Crippen molar-refractivity contribution in [1.82, 2.24) is 15.2 Å². The molecule has 1 aromatic rings. The summed E-state index contributed by atoms with van der Waals surface area (Å²) in [5.74, 6) is 0. The van der Waals surface area contributed by atoms with E-state index in [2.05, 4.69) is 48.3 Å². The van der Waals surface area contributed by atoms with E-state index in [9.17, 15) is 0 Å². The smallest absolute Gasteiger partial charge is 0.112 e. The van der Waals surface area contributed by atoms with Gasteiger partial charge in [-0.3, -0.25) is 4.90 Å². The molecule has 1 fully saturated rings. The Hall–Kier alpha value is -0.450. The van der Waals surface area contributed by atoms with E-state index >= 15 is 0 Å². The van der Waals surface area contributed by atoms with Crippen LogP contribution in [0.4, 0.5) is 0 Å². The third kappa shape index (κ3) is 2.54. The van der Waals surface area contributed by atoms with Crippen molar-refractivity contribution >= 4 is 11.3 Å².